The molecule has 4 heteroatoms. The molecule has 0 radical (unpaired) electrons. The molecule has 2 aromatic carbocycles. The molecule has 2 nitrogen and oxygen atoms in total. The molecule has 0 aliphatic heterocycles. The van der Waals surface area contributed by atoms with Gasteiger partial charge in [0.1, 0.15) is 0 Å². The number of benzene rings is 2. The summed E-state index contributed by atoms with van der Waals surface area (Å²) in [7, 11) is 0. The van der Waals surface area contributed by atoms with Crippen LogP contribution in [0.25, 0.3) is 6.08 Å². The smallest absolute Gasteiger partial charge is 0.244 e. The zero-order valence-electron chi connectivity index (χ0n) is 13.5. The zero-order chi connectivity index (χ0) is 17.1. The fourth-order valence-electron chi connectivity index (χ4n) is 3.01. The number of hydrogen-bond donors (Lipinski definition) is 1. The zero-order valence-corrected chi connectivity index (χ0v) is 15.0. The minimum Gasteiger partial charge on any atom is -0.346 e. The average molecular weight is 360 g/mol. The Hall–Kier alpha value is -1.77. The maximum atomic E-state index is 12.1. The van der Waals surface area contributed by atoms with Gasteiger partial charge in [0.05, 0.1) is 6.04 Å². The van der Waals surface area contributed by atoms with Gasteiger partial charge >= 0.3 is 0 Å². The summed E-state index contributed by atoms with van der Waals surface area (Å²) in [6.07, 6.45) is 6.73. The van der Waals surface area contributed by atoms with Crippen molar-refractivity contribution in [3.8, 4) is 0 Å². The molecule has 1 aliphatic carbocycles. The molecular formula is C20H19Cl2NO. The van der Waals surface area contributed by atoms with Gasteiger partial charge in [0.15, 0.2) is 0 Å². The number of carbonyl (C=O) groups excluding carboxylic acids is 1. The van der Waals surface area contributed by atoms with Crippen LogP contribution < -0.4 is 5.32 Å². The van der Waals surface area contributed by atoms with Crippen molar-refractivity contribution < 1.29 is 4.79 Å². The van der Waals surface area contributed by atoms with Gasteiger partial charge in [0.2, 0.25) is 5.91 Å². The van der Waals surface area contributed by atoms with E-state index >= 15 is 0 Å². The van der Waals surface area contributed by atoms with E-state index < -0.39 is 0 Å². The lowest BCUT2D eigenvalue weighted by Gasteiger charge is -2.14. The lowest BCUT2D eigenvalue weighted by molar-refractivity contribution is -0.117. The van der Waals surface area contributed by atoms with E-state index in [2.05, 4.69) is 23.5 Å². The molecule has 124 valence electrons. The molecule has 24 heavy (non-hydrogen) atoms. The van der Waals surface area contributed by atoms with Crippen LogP contribution in [0.2, 0.25) is 10.0 Å². The Labute approximate surface area is 152 Å². The lowest BCUT2D eigenvalue weighted by atomic mass is 10.0. The van der Waals surface area contributed by atoms with E-state index in [0.29, 0.717) is 10.0 Å². The minimum atomic E-state index is -0.144. The quantitative estimate of drug-likeness (QED) is 0.730. The summed E-state index contributed by atoms with van der Waals surface area (Å²) in [5.41, 5.74) is 4.76. The first-order valence-electron chi connectivity index (χ1n) is 8.08. The van der Waals surface area contributed by atoms with Crippen LogP contribution in [0.1, 0.15) is 41.6 Å². The molecule has 1 amide bonds. The van der Waals surface area contributed by atoms with Gasteiger partial charge < -0.3 is 5.32 Å². The molecule has 1 N–H and O–H groups in total. The number of rotatable bonds is 4. The monoisotopic (exact) mass is 359 g/mol. The predicted molar refractivity (Wildman–Crippen MR) is 101 cm³/mol. The molecule has 0 bridgehead atoms. The van der Waals surface area contributed by atoms with E-state index in [-0.39, 0.29) is 11.9 Å². The number of carbonyl (C=O) groups is 1. The highest BCUT2D eigenvalue weighted by atomic mass is 35.5. The van der Waals surface area contributed by atoms with Gasteiger partial charge in [-0.2, -0.15) is 0 Å². The lowest BCUT2D eigenvalue weighted by Crippen LogP contribution is -2.24. The predicted octanol–water partition coefficient (Wildman–Crippen LogP) is 5.37. The van der Waals surface area contributed by atoms with Gasteiger partial charge in [-0.05, 0) is 66.6 Å². The van der Waals surface area contributed by atoms with Crippen molar-refractivity contribution >= 4 is 35.2 Å². The standard InChI is InChI=1S/C20H19Cl2NO/c1-13(16-6-5-14-3-2-4-17(14)11-16)23-20(24)10-8-15-7-9-18(21)12-19(15)22/h5-13H,2-4H2,1H3,(H,23,24)/b10-8+. The van der Waals surface area contributed by atoms with Crippen LogP contribution in [0.4, 0.5) is 0 Å². The van der Waals surface area contributed by atoms with E-state index in [9.17, 15) is 4.79 Å². The number of halogens is 2. The highest BCUT2D eigenvalue weighted by Crippen LogP contribution is 2.25. The SMILES string of the molecule is CC(NC(=O)/C=C/c1ccc(Cl)cc1Cl)c1ccc2c(c1)CCC2. The maximum absolute atomic E-state index is 12.1. The van der Waals surface area contributed by atoms with Crippen molar-refractivity contribution in [2.45, 2.75) is 32.2 Å². The second-order valence-corrected chi connectivity index (χ2v) is 6.95. The van der Waals surface area contributed by atoms with E-state index in [4.69, 9.17) is 23.2 Å². The molecule has 0 saturated heterocycles. The maximum Gasteiger partial charge on any atom is 0.244 e. The number of fused-ring (bicyclic) bond motifs is 1. The number of hydrogen-bond acceptors (Lipinski definition) is 1. The van der Waals surface area contributed by atoms with Gasteiger partial charge in [-0.15, -0.1) is 0 Å². The first-order chi connectivity index (χ1) is 11.5. The number of aryl methyl sites for hydroxylation is 2. The highest BCUT2D eigenvalue weighted by Gasteiger charge is 2.14. The first kappa shape index (κ1) is 17.1. The summed E-state index contributed by atoms with van der Waals surface area (Å²) in [5, 5.41) is 4.10. The van der Waals surface area contributed by atoms with Crippen molar-refractivity contribution in [3.05, 3.63) is 74.8 Å². The van der Waals surface area contributed by atoms with Crippen LogP contribution in [0.15, 0.2) is 42.5 Å². The molecule has 0 fully saturated rings. The number of amides is 1. The van der Waals surface area contributed by atoms with Crippen LogP contribution in [0.5, 0.6) is 0 Å². The van der Waals surface area contributed by atoms with Gasteiger partial charge in [-0.1, -0.05) is 47.5 Å². The Morgan fingerprint density at radius 2 is 1.92 bits per heavy atom. The molecular weight excluding hydrogens is 341 g/mol. The Morgan fingerprint density at radius 1 is 1.12 bits per heavy atom. The van der Waals surface area contributed by atoms with Crippen molar-refractivity contribution in [3.63, 3.8) is 0 Å². The van der Waals surface area contributed by atoms with Gasteiger partial charge in [-0.25, -0.2) is 0 Å². The third kappa shape index (κ3) is 4.00. The van der Waals surface area contributed by atoms with Crippen LogP contribution in [0.3, 0.4) is 0 Å². The molecule has 1 atom stereocenters. The third-order valence-electron chi connectivity index (χ3n) is 4.36. The molecule has 0 aromatic heterocycles. The first-order valence-corrected chi connectivity index (χ1v) is 8.84. The summed E-state index contributed by atoms with van der Waals surface area (Å²) in [5.74, 6) is -0.144. The van der Waals surface area contributed by atoms with Crippen molar-refractivity contribution in [2.24, 2.45) is 0 Å². The fraction of sp³-hybridized carbons (Fsp3) is 0.250. The second-order valence-electron chi connectivity index (χ2n) is 6.11. The summed E-state index contributed by atoms with van der Waals surface area (Å²) in [4.78, 5) is 12.1. The molecule has 1 unspecified atom stereocenters. The largest absolute Gasteiger partial charge is 0.346 e. The second kappa shape index (κ2) is 7.42. The Balaban J connectivity index is 1.64. The molecule has 2 aromatic rings. The van der Waals surface area contributed by atoms with E-state index in [1.165, 1.54) is 30.0 Å². The molecule has 1 aliphatic rings. The highest BCUT2D eigenvalue weighted by molar-refractivity contribution is 6.35. The normalized spacial score (nSPS) is 14.6. The van der Waals surface area contributed by atoms with Crippen LogP contribution in [-0.4, -0.2) is 5.91 Å². The Kier molecular flexibility index (Phi) is 5.27. The van der Waals surface area contributed by atoms with Crippen LogP contribution in [-0.2, 0) is 17.6 Å². The summed E-state index contributed by atoms with van der Waals surface area (Å²) >= 11 is 12.0. The van der Waals surface area contributed by atoms with Crippen molar-refractivity contribution in [2.75, 3.05) is 0 Å². The summed E-state index contributed by atoms with van der Waals surface area (Å²) in [6.45, 7) is 2.00. The average Bonchev–Trinajstić information content (AvgIpc) is 3.01. The van der Waals surface area contributed by atoms with Gasteiger partial charge in [0.25, 0.3) is 0 Å². The molecule has 0 saturated carbocycles. The molecule has 3 rings (SSSR count). The fourth-order valence-corrected chi connectivity index (χ4v) is 3.48. The minimum absolute atomic E-state index is 0.0336. The van der Waals surface area contributed by atoms with E-state index in [0.717, 1.165) is 17.5 Å². The Morgan fingerprint density at radius 3 is 2.71 bits per heavy atom. The molecule has 0 heterocycles. The van der Waals surface area contributed by atoms with Crippen LogP contribution in [0, 0.1) is 0 Å². The molecule has 0 spiro atoms. The summed E-state index contributed by atoms with van der Waals surface area (Å²) < 4.78 is 0. The van der Waals surface area contributed by atoms with Crippen LogP contribution >= 0.6 is 23.2 Å². The van der Waals surface area contributed by atoms with Gasteiger partial charge in [0, 0.05) is 16.1 Å². The third-order valence-corrected chi connectivity index (χ3v) is 4.92. The summed E-state index contributed by atoms with van der Waals surface area (Å²) in [6, 6.07) is 11.7. The van der Waals surface area contributed by atoms with Gasteiger partial charge in [-0.3, -0.25) is 4.79 Å². The van der Waals surface area contributed by atoms with E-state index in [1.807, 2.05) is 6.92 Å². The van der Waals surface area contributed by atoms with Crippen molar-refractivity contribution in [1.29, 1.82) is 0 Å². The van der Waals surface area contributed by atoms with E-state index in [1.54, 1.807) is 24.3 Å². The topological polar surface area (TPSA) is 29.1 Å². The number of nitrogens with one attached hydrogen (secondary N) is 1. The Bertz CT molecular complexity index is 798. The van der Waals surface area contributed by atoms with Crippen molar-refractivity contribution in [1.82, 2.24) is 5.32 Å².